The highest BCUT2D eigenvalue weighted by molar-refractivity contribution is 5.85. The van der Waals surface area contributed by atoms with Crippen LogP contribution in [0.5, 0.6) is 0 Å². The van der Waals surface area contributed by atoms with Crippen molar-refractivity contribution in [3.05, 3.63) is 34.4 Å². The summed E-state index contributed by atoms with van der Waals surface area (Å²) in [5, 5.41) is 17.7. The predicted octanol–water partition coefficient (Wildman–Crippen LogP) is 2.64. The monoisotopic (exact) mass is 332 g/mol. The zero-order chi connectivity index (χ0) is 17.7. The van der Waals surface area contributed by atoms with Crippen LogP contribution in [0.15, 0.2) is 6.07 Å². The van der Waals surface area contributed by atoms with Gasteiger partial charge >= 0.3 is 5.97 Å². The highest BCUT2D eigenvalue weighted by atomic mass is 16.4. The molecule has 0 spiro atoms. The molecule has 2 aromatic heterocycles. The molecule has 0 saturated heterocycles. The summed E-state index contributed by atoms with van der Waals surface area (Å²) in [7, 11) is 0. The maximum atomic E-state index is 11.3. The molecule has 7 nitrogen and oxygen atoms in total. The van der Waals surface area contributed by atoms with Crippen LogP contribution in [0.1, 0.15) is 64.1 Å². The van der Waals surface area contributed by atoms with Crippen LogP contribution in [0.3, 0.4) is 0 Å². The van der Waals surface area contributed by atoms with Gasteiger partial charge in [-0.3, -0.25) is 14.2 Å². The molecule has 0 saturated carbocycles. The van der Waals surface area contributed by atoms with Crippen molar-refractivity contribution in [2.75, 3.05) is 0 Å². The minimum absolute atomic E-state index is 0.232. The summed E-state index contributed by atoms with van der Waals surface area (Å²) in [6.45, 7) is 6.96. The Morgan fingerprint density at radius 3 is 2.58 bits per heavy atom. The summed E-state index contributed by atoms with van der Waals surface area (Å²) >= 11 is 0. The Morgan fingerprint density at radius 2 is 1.96 bits per heavy atom. The normalized spacial score (nSPS) is 11.0. The third kappa shape index (κ3) is 3.90. The standard InChI is InChI=1S/C17H24N4O3/c1-4-20-16(11-22)14(13(3)19-20)8-6-5-7-9-21-15(17(23)24)10-12(2)18-21/h10-11H,4-9H2,1-3H3,(H,23,24). The number of aldehydes is 1. The fraction of sp³-hybridized carbons (Fsp3) is 0.529. The molecule has 0 fully saturated rings. The van der Waals surface area contributed by atoms with Crippen molar-refractivity contribution < 1.29 is 14.7 Å². The second-order valence-corrected chi connectivity index (χ2v) is 5.89. The van der Waals surface area contributed by atoms with E-state index in [0.29, 0.717) is 24.5 Å². The lowest BCUT2D eigenvalue weighted by atomic mass is 10.1. The molecule has 0 aliphatic heterocycles. The summed E-state index contributed by atoms with van der Waals surface area (Å²) in [4.78, 5) is 22.4. The zero-order valence-corrected chi connectivity index (χ0v) is 14.4. The number of aromatic nitrogens is 4. The number of carbonyl (C=O) groups excluding carboxylic acids is 1. The molecule has 0 atom stereocenters. The molecule has 130 valence electrons. The second-order valence-electron chi connectivity index (χ2n) is 5.89. The van der Waals surface area contributed by atoms with Gasteiger partial charge in [-0.15, -0.1) is 0 Å². The van der Waals surface area contributed by atoms with Crippen molar-refractivity contribution >= 4 is 12.3 Å². The minimum Gasteiger partial charge on any atom is -0.477 e. The second kappa shape index (κ2) is 7.90. The molecular formula is C17H24N4O3. The molecule has 0 radical (unpaired) electrons. The molecule has 2 heterocycles. The Balaban J connectivity index is 1.87. The lowest BCUT2D eigenvalue weighted by Gasteiger charge is -2.05. The third-order valence-corrected chi connectivity index (χ3v) is 4.12. The van der Waals surface area contributed by atoms with Crippen molar-refractivity contribution in [2.45, 2.75) is 59.5 Å². The van der Waals surface area contributed by atoms with Crippen LogP contribution >= 0.6 is 0 Å². The third-order valence-electron chi connectivity index (χ3n) is 4.12. The van der Waals surface area contributed by atoms with Gasteiger partial charge in [0, 0.05) is 18.7 Å². The van der Waals surface area contributed by atoms with E-state index in [9.17, 15) is 9.59 Å². The number of hydrogen-bond donors (Lipinski definition) is 1. The fourth-order valence-corrected chi connectivity index (χ4v) is 2.95. The van der Waals surface area contributed by atoms with Crippen LogP contribution in [0.2, 0.25) is 0 Å². The molecule has 2 rings (SSSR count). The van der Waals surface area contributed by atoms with Crippen molar-refractivity contribution in [2.24, 2.45) is 0 Å². The first-order valence-electron chi connectivity index (χ1n) is 8.27. The van der Waals surface area contributed by atoms with Gasteiger partial charge in [-0.25, -0.2) is 4.79 Å². The molecular weight excluding hydrogens is 308 g/mol. The molecule has 0 aliphatic carbocycles. The van der Waals surface area contributed by atoms with Crippen molar-refractivity contribution in [1.82, 2.24) is 19.6 Å². The maximum absolute atomic E-state index is 11.3. The number of rotatable bonds is 9. The molecule has 0 amide bonds. The van der Waals surface area contributed by atoms with Gasteiger partial charge in [0.05, 0.1) is 11.4 Å². The van der Waals surface area contributed by atoms with Crippen molar-refractivity contribution in [1.29, 1.82) is 0 Å². The van der Waals surface area contributed by atoms with Gasteiger partial charge in [0.1, 0.15) is 11.4 Å². The van der Waals surface area contributed by atoms with E-state index < -0.39 is 5.97 Å². The quantitative estimate of drug-likeness (QED) is 0.563. The van der Waals surface area contributed by atoms with Gasteiger partial charge < -0.3 is 5.11 Å². The molecule has 0 unspecified atom stereocenters. The summed E-state index contributed by atoms with van der Waals surface area (Å²) in [5.74, 6) is -0.950. The fourth-order valence-electron chi connectivity index (χ4n) is 2.95. The minimum atomic E-state index is -0.950. The van der Waals surface area contributed by atoms with Gasteiger partial charge in [-0.05, 0) is 46.1 Å². The summed E-state index contributed by atoms with van der Waals surface area (Å²) < 4.78 is 3.29. The number of carboxylic acids is 1. The van der Waals surface area contributed by atoms with E-state index in [4.69, 9.17) is 5.11 Å². The van der Waals surface area contributed by atoms with E-state index in [-0.39, 0.29) is 5.69 Å². The first-order valence-corrected chi connectivity index (χ1v) is 8.27. The topological polar surface area (TPSA) is 90.0 Å². The molecule has 1 N–H and O–H groups in total. The van der Waals surface area contributed by atoms with E-state index in [1.165, 1.54) is 0 Å². The van der Waals surface area contributed by atoms with E-state index in [2.05, 4.69) is 10.2 Å². The van der Waals surface area contributed by atoms with Gasteiger partial charge in [0.15, 0.2) is 6.29 Å². The number of nitrogens with zero attached hydrogens (tertiary/aromatic N) is 4. The molecule has 7 heteroatoms. The highest BCUT2D eigenvalue weighted by Crippen LogP contribution is 2.16. The Bertz CT molecular complexity index is 731. The Morgan fingerprint density at radius 1 is 1.21 bits per heavy atom. The Labute approximate surface area is 141 Å². The number of hydrogen-bond acceptors (Lipinski definition) is 4. The van der Waals surface area contributed by atoms with Gasteiger partial charge in [0.25, 0.3) is 0 Å². The van der Waals surface area contributed by atoms with Crippen LogP contribution in [0.25, 0.3) is 0 Å². The van der Waals surface area contributed by atoms with Gasteiger partial charge in [0.2, 0.25) is 0 Å². The summed E-state index contributed by atoms with van der Waals surface area (Å²) in [6, 6.07) is 1.58. The van der Waals surface area contributed by atoms with Crippen LogP contribution in [-0.4, -0.2) is 36.9 Å². The van der Waals surface area contributed by atoms with E-state index in [0.717, 1.165) is 43.2 Å². The first-order chi connectivity index (χ1) is 11.5. The van der Waals surface area contributed by atoms with Crippen LogP contribution < -0.4 is 0 Å². The lowest BCUT2D eigenvalue weighted by molar-refractivity contribution is 0.0682. The van der Waals surface area contributed by atoms with Crippen molar-refractivity contribution in [3.8, 4) is 0 Å². The van der Waals surface area contributed by atoms with Crippen LogP contribution in [0, 0.1) is 13.8 Å². The molecule has 24 heavy (non-hydrogen) atoms. The average molecular weight is 332 g/mol. The first kappa shape index (κ1) is 17.9. The van der Waals surface area contributed by atoms with E-state index in [1.807, 2.05) is 13.8 Å². The average Bonchev–Trinajstić information content (AvgIpc) is 3.07. The molecule has 0 bridgehead atoms. The number of carbonyl (C=O) groups is 2. The SMILES string of the molecule is CCn1nc(C)c(CCCCCn2nc(C)cc2C(=O)O)c1C=O. The highest BCUT2D eigenvalue weighted by Gasteiger charge is 2.14. The lowest BCUT2D eigenvalue weighted by Crippen LogP contribution is -2.10. The van der Waals surface area contributed by atoms with Crippen LogP contribution in [-0.2, 0) is 19.5 Å². The number of aryl methyl sites for hydroxylation is 4. The van der Waals surface area contributed by atoms with Gasteiger partial charge in [-0.1, -0.05) is 6.42 Å². The molecule has 0 aromatic carbocycles. The van der Waals surface area contributed by atoms with Crippen LogP contribution in [0.4, 0.5) is 0 Å². The predicted molar refractivity (Wildman–Crippen MR) is 89.5 cm³/mol. The largest absolute Gasteiger partial charge is 0.477 e. The molecule has 2 aromatic rings. The van der Waals surface area contributed by atoms with Crippen molar-refractivity contribution in [3.63, 3.8) is 0 Å². The summed E-state index contributed by atoms with van der Waals surface area (Å²) in [6.07, 6.45) is 4.40. The number of aromatic carboxylic acids is 1. The Hall–Kier alpha value is -2.44. The zero-order valence-electron chi connectivity index (χ0n) is 14.4. The number of carboxylic acid groups (broad SMARTS) is 1. The van der Waals surface area contributed by atoms with Gasteiger partial charge in [-0.2, -0.15) is 10.2 Å². The molecule has 0 aliphatic rings. The summed E-state index contributed by atoms with van der Waals surface area (Å²) in [5.41, 5.74) is 3.55. The Kier molecular flexibility index (Phi) is 5.89. The van der Waals surface area contributed by atoms with E-state index >= 15 is 0 Å². The smallest absolute Gasteiger partial charge is 0.354 e. The number of unbranched alkanes of at least 4 members (excludes halogenated alkanes) is 2. The van der Waals surface area contributed by atoms with E-state index in [1.54, 1.807) is 22.4 Å². The maximum Gasteiger partial charge on any atom is 0.354 e.